The average molecular weight is 341 g/mol. The molecule has 0 atom stereocenters. The van der Waals surface area contributed by atoms with Crippen LogP contribution in [0, 0.1) is 0 Å². The Bertz CT molecular complexity index is 756. The molecule has 24 heavy (non-hydrogen) atoms. The number of hydrogen-bond acceptors (Lipinski definition) is 3. The minimum atomic E-state index is -4.47. The van der Waals surface area contributed by atoms with Gasteiger partial charge < -0.3 is 10.0 Å². The van der Waals surface area contributed by atoms with Crippen molar-refractivity contribution in [3.8, 4) is 5.69 Å². The van der Waals surface area contributed by atoms with E-state index in [9.17, 15) is 22.8 Å². The topological polar surface area (TPSA) is 75.4 Å². The molecule has 2 aromatic rings. The van der Waals surface area contributed by atoms with Gasteiger partial charge in [-0.15, -0.1) is 0 Å². The molecule has 1 N–H and O–H groups in total. The lowest BCUT2D eigenvalue weighted by Gasteiger charge is -2.14. The molecule has 1 aromatic heterocycles. The van der Waals surface area contributed by atoms with E-state index in [1.54, 1.807) is 0 Å². The maximum Gasteiger partial charge on any atom is 0.416 e. The molecule has 0 saturated carbocycles. The van der Waals surface area contributed by atoms with Gasteiger partial charge in [-0.3, -0.25) is 9.59 Å². The number of amides is 1. The van der Waals surface area contributed by atoms with Gasteiger partial charge in [0.25, 0.3) is 5.91 Å². The zero-order valence-electron chi connectivity index (χ0n) is 12.6. The average Bonchev–Trinajstić information content (AvgIpc) is 3.01. The second-order valence-corrected chi connectivity index (χ2v) is 5.06. The second-order valence-electron chi connectivity index (χ2n) is 5.06. The van der Waals surface area contributed by atoms with Crippen LogP contribution in [0.2, 0.25) is 0 Å². The van der Waals surface area contributed by atoms with Crippen LogP contribution in [0.25, 0.3) is 5.69 Å². The number of carboxylic acids is 1. The Labute approximate surface area is 135 Å². The molecule has 0 aliphatic heterocycles. The number of rotatable bonds is 5. The van der Waals surface area contributed by atoms with E-state index in [1.807, 2.05) is 0 Å². The van der Waals surface area contributed by atoms with E-state index in [2.05, 4.69) is 5.10 Å². The lowest BCUT2D eigenvalue weighted by atomic mass is 10.2. The number of hydrogen-bond donors (Lipinski definition) is 1. The number of aliphatic carboxylic acids is 1. The molecule has 0 spiro atoms. The third kappa shape index (κ3) is 4.12. The molecular weight excluding hydrogens is 327 g/mol. The molecule has 1 amide bonds. The van der Waals surface area contributed by atoms with Gasteiger partial charge in [0.05, 0.1) is 17.7 Å². The molecule has 0 unspecified atom stereocenters. The Morgan fingerprint density at radius 1 is 1.29 bits per heavy atom. The van der Waals surface area contributed by atoms with Crippen LogP contribution in [-0.4, -0.2) is 45.3 Å². The number of benzene rings is 1. The van der Waals surface area contributed by atoms with Gasteiger partial charge in [0.2, 0.25) is 0 Å². The van der Waals surface area contributed by atoms with Gasteiger partial charge in [-0.1, -0.05) is 6.07 Å². The maximum atomic E-state index is 12.7. The Morgan fingerprint density at radius 3 is 2.62 bits per heavy atom. The first-order chi connectivity index (χ1) is 11.2. The molecule has 2 rings (SSSR count). The van der Waals surface area contributed by atoms with Crippen LogP contribution < -0.4 is 0 Å². The number of nitrogens with zero attached hydrogens (tertiary/aromatic N) is 3. The normalized spacial score (nSPS) is 11.3. The highest BCUT2D eigenvalue weighted by Crippen LogP contribution is 2.30. The molecule has 6 nitrogen and oxygen atoms in total. The number of carbonyl (C=O) groups is 2. The van der Waals surface area contributed by atoms with E-state index in [4.69, 9.17) is 5.11 Å². The fourth-order valence-electron chi connectivity index (χ4n) is 1.97. The predicted octanol–water partition coefficient (Wildman–Crippen LogP) is 2.44. The molecule has 0 bridgehead atoms. The minimum absolute atomic E-state index is 0.00455. The summed E-state index contributed by atoms with van der Waals surface area (Å²) in [5, 5.41) is 12.6. The third-order valence-electron chi connectivity index (χ3n) is 3.25. The summed E-state index contributed by atoms with van der Waals surface area (Å²) >= 11 is 0. The van der Waals surface area contributed by atoms with Crippen molar-refractivity contribution in [3.05, 3.63) is 47.8 Å². The zero-order valence-corrected chi connectivity index (χ0v) is 12.6. The summed E-state index contributed by atoms with van der Waals surface area (Å²) in [5.41, 5.74) is -0.640. The molecule has 0 fully saturated rings. The van der Waals surface area contributed by atoms with E-state index in [0.29, 0.717) is 0 Å². The van der Waals surface area contributed by atoms with Gasteiger partial charge in [0.15, 0.2) is 5.69 Å². The van der Waals surface area contributed by atoms with Crippen LogP contribution >= 0.6 is 0 Å². The quantitative estimate of drug-likeness (QED) is 0.906. The molecule has 0 aliphatic carbocycles. The van der Waals surface area contributed by atoms with Gasteiger partial charge in [-0.05, 0) is 24.3 Å². The maximum absolute atomic E-state index is 12.7. The Morgan fingerprint density at radius 2 is 2.00 bits per heavy atom. The largest absolute Gasteiger partial charge is 0.481 e. The molecule has 1 heterocycles. The van der Waals surface area contributed by atoms with Crippen molar-refractivity contribution in [3.63, 3.8) is 0 Å². The SMILES string of the molecule is CN(CCC(=O)O)C(=O)c1ccn(-c2cccc(C(F)(F)F)c2)n1. The van der Waals surface area contributed by atoms with E-state index in [1.165, 1.54) is 36.3 Å². The van der Waals surface area contributed by atoms with Crippen molar-refractivity contribution < 1.29 is 27.9 Å². The lowest BCUT2D eigenvalue weighted by Crippen LogP contribution is -2.29. The highest BCUT2D eigenvalue weighted by atomic mass is 19.4. The van der Waals surface area contributed by atoms with Crippen LogP contribution in [0.15, 0.2) is 36.5 Å². The molecule has 0 saturated heterocycles. The van der Waals surface area contributed by atoms with Gasteiger partial charge in [0.1, 0.15) is 0 Å². The highest BCUT2D eigenvalue weighted by Gasteiger charge is 2.30. The standard InChI is InChI=1S/C15H14F3N3O3/c1-20(7-6-13(22)23)14(24)12-5-8-21(19-12)11-4-2-3-10(9-11)15(16,17)18/h2-5,8-9H,6-7H2,1H3,(H,22,23). The monoisotopic (exact) mass is 341 g/mol. The fraction of sp³-hybridized carbons (Fsp3) is 0.267. The summed E-state index contributed by atoms with van der Waals surface area (Å²) in [5.74, 6) is -1.55. The summed E-state index contributed by atoms with van der Waals surface area (Å²) in [6.07, 6.45) is -3.32. The van der Waals surface area contributed by atoms with Crippen molar-refractivity contribution >= 4 is 11.9 Å². The van der Waals surface area contributed by atoms with E-state index in [-0.39, 0.29) is 24.3 Å². The molecule has 128 valence electrons. The van der Waals surface area contributed by atoms with E-state index >= 15 is 0 Å². The third-order valence-corrected chi connectivity index (χ3v) is 3.25. The summed E-state index contributed by atoms with van der Waals surface area (Å²) in [6.45, 7) is 0.00455. The first-order valence-electron chi connectivity index (χ1n) is 6.89. The van der Waals surface area contributed by atoms with E-state index in [0.717, 1.165) is 16.8 Å². The fourth-order valence-corrected chi connectivity index (χ4v) is 1.97. The van der Waals surface area contributed by atoms with Crippen LogP contribution in [0.4, 0.5) is 13.2 Å². The summed E-state index contributed by atoms with van der Waals surface area (Å²) < 4.78 is 39.4. The van der Waals surface area contributed by atoms with Gasteiger partial charge >= 0.3 is 12.1 Å². The number of carboxylic acid groups (broad SMARTS) is 1. The van der Waals surface area contributed by atoms with Crippen molar-refractivity contribution in [1.29, 1.82) is 0 Å². The summed E-state index contributed by atoms with van der Waals surface area (Å²) in [4.78, 5) is 23.8. The molecule has 9 heteroatoms. The zero-order chi connectivity index (χ0) is 17.9. The van der Waals surface area contributed by atoms with Crippen molar-refractivity contribution in [2.24, 2.45) is 0 Å². The van der Waals surface area contributed by atoms with Crippen LogP contribution in [0.3, 0.4) is 0 Å². The number of alkyl halides is 3. The molecule has 0 aliphatic rings. The molecule has 1 aromatic carbocycles. The number of halogens is 3. The highest BCUT2D eigenvalue weighted by molar-refractivity contribution is 5.92. The van der Waals surface area contributed by atoms with Crippen LogP contribution in [-0.2, 0) is 11.0 Å². The van der Waals surface area contributed by atoms with Crippen LogP contribution in [0.1, 0.15) is 22.5 Å². The van der Waals surface area contributed by atoms with Gasteiger partial charge in [0, 0.05) is 19.8 Å². The van der Waals surface area contributed by atoms with E-state index < -0.39 is 23.6 Å². The number of aromatic nitrogens is 2. The Balaban J connectivity index is 2.19. The van der Waals surface area contributed by atoms with Gasteiger partial charge in [-0.25, -0.2) is 4.68 Å². The summed E-state index contributed by atoms with van der Waals surface area (Å²) in [6, 6.07) is 5.92. The second kappa shape index (κ2) is 6.73. The predicted molar refractivity (Wildman–Crippen MR) is 77.8 cm³/mol. The Hall–Kier alpha value is -2.84. The van der Waals surface area contributed by atoms with Crippen molar-refractivity contribution in [1.82, 2.24) is 14.7 Å². The first kappa shape index (κ1) is 17.5. The minimum Gasteiger partial charge on any atom is -0.481 e. The number of carbonyl (C=O) groups excluding carboxylic acids is 1. The molecular formula is C15H14F3N3O3. The van der Waals surface area contributed by atoms with Crippen molar-refractivity contribution in [2.75, 3.05) is 13.6 Å². The van der Waals surface area contributed by atoms with Crippen molar-refractivity contribution in [2.45, 2.75) is 12.6 Å². The summed E-state index contributed by atoms with van der Waals surface area (Å²) in [7, 11) is 1.43. The smallest absolute Gasteiger partial charge is 0.416 e. The lowest BCUT2D eigenvalue weighted by molar-refractivity contribution is -0.138. The Kier molecular flexibility index (Phi) is 4.91. The van der Waals surface area contributed by atoms with Gasteiger partial charge in [-0.2, -0.15) is 18.3 Å². The van der Waals surface area contributed by atoms with Crippen LogP contribution in [0.5, 0.6) is 0 Å². The molecule has 0 radical (unpaired) electrons. The first-order valence-corrected chi connectivity index (χ1v) is 6.89.